The van der Waals surface area contributed by atoms with Crippen LogP contribution in [-0.4, -0.2) is 49.7 Å². The molecule has 38 heavy (non-hydrogen) atoms. The quantitative estimate of drug-likeness (QED) is 0.277. The van der Waals surface area contributed by atoms with Crippen molar-refractivity contribution in [2.45, 2.75) is 17.4 Å². The van der Waals surface area contributed by atoms with Gasteiger partial charge in [0.05, 0.1) is 35.6 Å². The molecule has 0 radical (unpaired) electrons. The van der Waals surface area contributed by atoms with E-state index in [9.17, 15) is 8.42 Å². The Morgan fingerprint density at radius 1 is 0.842 bits per heavy atom. The van der Waals surface area contributed by atoms with Gasteiger partial charge in [-0.25, -0.2) is 18.4 Å². The van der Waals surface area contributed by atoms with E-state index in [1.54, 1.807) is 12.1 Å². The molecule has 1 saturated heterocycles. The molecule has 0 N–H and O–H groups in total. The maximum absolute atomic E-state index is 13.0. The Labute approximate surface area is 237 Å². The van der Waals surface area contributed by atoms with Crippen LogP contribution in [0.3, 0.4) is 0 Å². The molecule has 1 fully saturated rings. The largest absolute Gasteiger partial charge is 0.379 e. The number of morpholine rings is 1. The number of hydrogen-bond acceptors (Lipinski definition) is 7. The van der Waals surface area contributed by atoms with E-state index in [0.29, 0.717) is 26.3 Å². The molecular formula is C28H27BrN4O3S2. The van der Waals surface area contributed by atoms with Gasteiger partial charge in [0.2, 0.25) is 15.2 Å². The number of anilines is 1. The molecule has 1 atom stereocenters. The average molecular weight is 612 g/mol. The average Bonchev–Trinajstić information content (AvgIpc) is 3.63. The van der Waals surface area contributed by atoms with Crippen LogP contribution in [0.4, 0.5) is 5.13 Å². The number of hydrazone groups is 1. The third-order valence-electron chi connectivity index (χ3n) is 6.65. The molecule has 3 heterocycles. The highest BCUT2D eigenvalue weighted by atomic mass is 79.9. The molecule has 4 aromatic rings. The SMILES string of the molecule is Br.O=S(=O)(c1ccc(-c2csc(N3N=C(c4ccccc4)CC3c3ccccc3)n2)cc1)N1CCOCC1. The molecule has 0 saturated carbocycles. The van der Waals surface area contributed by atoms with E-state index >= 15 is 0 Å². The van der Waals surface area contributed by atoms with E-state index in [1.165, 1.54) is 21.2 Å². The van der Waals surface area contributed by atoms with Crippen molar-refractivity contribution in [3.63, 3.8) is 0 Å². The standard InChI is InChI=1S/C28H26N4O3S2.BrH/c33-37(34,31-15-17-35-18-16-31)24-13-11-22(12-14-24)26-20-36-28(29-26)32-27(23-9-5-2-6-10-23)19-25(30-32)21-7-3-1-4-8-21;/h1-14,20,27H,15-19H2;1H. The minimum absolute atomic E-state index is 0. The summed E-state index contributed by atoms with van der Waals surface area (Å²) >= 11 is 1.54. The Balaban J connectivity index is 0.00000294. The summed E-state index contributed by atoms with van der Waals surface area (Å²) in [5.74, 6) is 0. The van der Waals surface area contributed by atoms with Crippen molar-refractivity contribution in [2.75, 3.05) is 31.3 Å². The summed E-state index contributed by atoms with van der Waals surface area (Å²) in [4.78, 5) is 5.20. The topological polar surface area (TPSA) is 75.1 Å². The lowest BCUT2D eigenvalue weighted by atomic mass is 9.99. The van der Waals surface area contributed by atoms with Crippen molar-refractivity contribution in [1.82, 2.24) is 9.29 Å². The first-order valence-electron chi connectivity index (χ1n) is 12.2. The monoisotopic (exact) mass is 610 g/mol. The predicted octanol–water partition coefficient (Wildman–Crippen LogP) is 5.76. The number of ether oxygens (including phenoxy) is 1. The predicted molar refractivity (Wildman–Crippen MR) is 157 cm³/mol. The van der Waals surface area contributed by atoms with Crippen LogP contribution in [0.2, 0.25) is 0 Å². The van der Waals surface area contributed by atoms with E-state index in [0.717, 1.165) is 34.1 Å². The summed E-state index contributed by atoms with van der Waals surface area (Å²) in [6.45, 7) is 1.61. The Bertz CT molecular complexity index is 1500. The number of thiazole rings is 1. The summed E-state index contributed by atoms with van der Waals surface area (Å²) < 4.78 is 32.7. The lowest BCUT2D eigenvalue weighted by Gasteiger charge is -2.26. The Kier molecular flexibility index (Phi) is 8.06. The number of halogens is 1. The van der Waals surface area contributed by atoms with Crippen LogP contribution in [0, 0.1) is 0 Å². The Morgan fingerprint density at radius 3 is 2.18 bits per heavy atom. The lowest BCUT2D eigenvalue weighted by molar-refractivity contribution is 0.0730. The zero-order valence-electron chi connectivity index (χ0n) is 20.5. The first kappa shape index (κ1) is 26.7. The molecule has 196 valence electrons. The molecule has 1 unspecified atom stereocenters. The third kappa shape index (κ3) is 5.32. The summed E-state index contributed by atoms with van der Waals surface area (Å²) in [5.41, 5.74) is 4.99. The molecule has 2 aliphatic heterocycles. The van der Waals surface area contributed by atoms with Gasteiger partial charge in [-0.2, -0.15) is 9.41 Å². The summed E-state index contributed by atoms with van der Waals surface area (Å²) in [5, 5.41) is 9.82. The lowest BCUT2D eigenvalue weighted by Crippen LogP contribution is -2.40. The van der Waals surface area contributed by atoms with Crippen LogP contribution in [0.1, 0.15) is 23.6 Å². The molecule has 0 bridgehead atoms. The van der Waals surface area contributed by atoms with Crippen molar-refractivity contribution in [2.24, 2.45) is 5.10 Å². The van der Waals surface area contributed by atoms with Crippen molar-refractivity contribution in [3.8, 4) is 11.3 Å². The molecule has 0 aliphatic carbocycles. The molecular weight excluding hydrogens is 584 g/mol. The highest BCUT2D eigenvalue weighted by Crippen LogP contribution is 2.39. The highest BCUT2D eigenvalue weighted by molar-refractivity contribution is 8.93. The fourth-order valence-electron chi connectivity index (χ4n) is 4.66. The minimum atomic E-state index is -3.53. The smallest absolute Gasteiger partial charge is 0.243 e. The maximum Gasteiger partial charge on any atom is 0.243 e. The second kappa shape index (κ2) is 11.5. The van der Waals surface area contributed by atoms with Crippen molar-refractivity contribution >= 4 is 49.2 Å². The Hall–Kier alpha value is -2.89. The second-order valence-electron chi connectivity index (χ2n) is 8.94. The van der Waals surface area contributed by atoms with Crippen LogP contribution >= 0.6 is 28.3 Å². The van der Waals surface area contributed by atoms with Crippen molar-refractivity contribution in [3.05, 3.63) is 101 Å². The number of sulfonamides is 1. The first-order chi connectivity index (χ1) is 18.1. The Morgan fingerprint density at radius 2 is 1.50 bits per heavy atom. The van der Waals surface area contributed by atoms with Gasteiger partial charge in [-0.3, -0.25) is 0 Å². The normalized spacial score (nSPS) is 18.2. The number of nitrogens with zero attached hydrogens (tertiary/aromatic N) is 4. The van der Waals surface area contributed by atoms with Gasteiger partial charge < -0.3 is 4.74 Å². The molecule has 1 aromatic heterocycles. The van der Waals surface area contributed by atoms with E-state index < -0.39 is 10.0 Å². The molecule has 6 rings (SSSR count). The molecule has 0 spiro atoms. The van der Waals surface area contributed by atoms with Gasteiger partial charge in [-0.05, 0) is 23.3 Å². The van der Waals surface area contributed by atoms with E-state index in [-0.39, 0.29) is 27.9 Å². The van der Waals surface area contributed by atoms with Crippen LogP contribution in [-0.2, 0) is 14.8 Å². The van der Waals surface area contributed by atoms with Crippen LogP contribution in [0.15, 0.2) is 100 Å². The van der Waals surface area contributed by atoms with Crippen molar-refractivity contribution in [1.29, 1.82) is 0 Å². The second-order valence-corrected chi connectivity index (χ2v) is 11.7. The van der Waals surface area contributed by atoms with E-state index in [2.05, 4.69) is 24.3 Å². The summed E-state index contributed by atoms with van der Waals surface area (Å²) in [6, 6.07) is 27.6. The first-order valence-corrected chi connectivity index (χ1v) is 14.5. The van der Waals surface area contributed by atoms with Gasteiger partial charge in [0.15, 0.2) is 0 Å². The number of aromatic nitrogens is 1. The van der Waals surface area contributed by atoms with Crippen LogP contribution in [0.5, 0.6) is 0 Å². The number of rotatable bonds is 6. The minimum Gasteiger partial charge on any atom is -0.379 e. The molecule has 7 nitrogen and oxygen atoms in total. The number of hydrogen-bond donors (Lipinski definition) is 0. The van der Waals surface area contributed by atoms with Gasteiger partial charge in [0, 0.05) is 30.5 Å². The maximum atomic E-state index is 13.0. The zero-order valence-corrected chi connectivity index (χ0v) is 23.9. The van der Waals surface area contributed by atoms with Crippen LogP contribution < -0.4 is 5.01 Å². The molecule has 2 aliphatic rings. The summed E-state index contributed by atoms with van der Waals surface area (Å²) in [6.07, 6.45) is 0.789. The molecule has 3 aromatic carbocycles. The van der Waals surface area contributed by atoms with Gasteiger partial charge >= 0.3 is 0 Å². The zero-order chi connectivity index (χ0) is 25.2. The van der Waals surface area contributed by atoms with Gasteiger partial charge in [-0.1, -0.05) is 72.8 Å². The van der Waals surface area contributed by atoms with Gasteiger partial charge in [0.25, 0.3) is 0 Å². The van der Waals surface area contributed by atoms with Gasteiger partial charge in [-0.15, -0.1) is 28.3 Å². The fourth-order valence-corrected chi connectivity index (χ4v) is 6.90. The molecule has 0 amide bonds. The highest BCUT2D eigenvalue weighted by Gasteiger charge is 2.32. The van der Waals surface area contributed by atoms with E-state index in [4.69, 9.17) is 14.8 Å². The number of benzene rings is 3. The fraction of sp³-hybridized carbons (Fsp3) is 0.214. The third-order valence-corrected chi connectivity index (χ3v) is 9.39. The van der Waals surface area contributed by atoms with E-state index in [1.807, 2.05) is 58.9 Å². The molecule has 10 heteroatoms. The van der Waals surface area contributed by atoms with Gasteiger partial charge in [0.1, 0.15) is 0 Å². The van der Waals surface area contributed by atoms with Crippen LogP contribution in [0.25, 0.3) is 11.3 Å². The van der Waals surface area contributed by atoms with Crippen molar-refractivity contribution < 1.29 is 13.2 Å². The summed E-state index contributed by atoms with van der Waals surface area (Å²) in [7, 11) is -3.53.